The van der Waals surface area contributed by atoms with Crippen LogP contribution in [0.25, 0.3) is 0 Å². The lowest BCUT2D eigenvalue weighted by Gasteiger charge is -2.46. The van der Waals surface area contributed by atoms with Crippen LogP contribution in [-0.2, 0) is 10.3 Å². The maximum atomic E-state index is 15.0. The Bertz CT molecular complexity index is 1130. The van der Waals surface area contributed by atoms with E-state index in [4.69, 9.17) is 15.6 Å². The number of carbonyl (C=O) groups excluding carboxylic acids is 1. The second-order valence-electron chi connectivity index (χ2n) is 7.77. The molecule has 3 atom stereocenters. The molecule has 0 aromatic heterocycles. The van der Waals surface area contributed by atoms with Crippen LogP contribution in [-0.4, -0.2) is 48.5 Å². The van der Waals surface area contributed by atoms with E-state index in [1.165, 1.54) is 30.1 Å². The number of nitrogens with zero attached hydrogens (tertiary/aromatic N) is 3. The molecule has 33 heavy (non-hydrogen) atoms. The molecule has 1 amide bonds. The van der Waals surface area contributed by atoms with Crippen LogP contribution in [0, 0.1) is 17.6 Å². The van der Waals surface area contributed by atoms with E-state index >= 15 is 0 Å². The number of hydrogen-bond donors (Lipinski definition) is 2. The molecule has 3 N–H and O–H groups in total. The summed E-state index contributed by atoms with van der Waals surface area (Å²) in [5, 5.41) is 6.94. The van der Waals surface area contributed by atoms with Gasteiger partial charge in [0, 0.05) is 42.1 Å². The summed E-state index contributed by atoms with van der Waals surface area (Å²) in [7, 11) is 1.61. The third kappa shape index (κ3) is 4.67. The van der Waals surface area contributed by atoms with E-state index < -0.39 is 23.3 Å². The molecule has 172 valence electrons. The number of aliphatic imine (C=N–C) groups is 2. The van der Waals surface area contributed by atoms with Gasteiger partial charge in [0.05, 0.1) is 6.61 Å². The lowest BCUT2D eigenvalue weighted by Crippen LogP contribution is -2.53. The summed E-state index contributed by atoms with van der Waals surface area (Å²) in [6.07, 6.45) is 1.55. The molecule has 10 heteroatoms. The van der Waals surface area contributed by atoms with Crippen LogP contribution in [0.2, 0.25) is 0 Å². The quantitative estimate of drug-likeness (QED) is 0.406. The number of benzene rings is 2. The van der Waals surface area contributed by atoms with Crippen molar-refractivity contribution < 1.29 is 18.3 Å². The van der Waals surface area contributed by atoms with Gasteiger partial charge in [-0.25, -0.2) is 13.8 Å². The third-order valence-electron chi connectivity index (χ3n) is 5.80. The van der Waals surface area contributed by atoms with Gasteiger partial charge in [-0.3, -0.25) is 9.79 Å². The van der Waals surface area contributed by atoms with Crippen LogP contribution < -0.4 is 11.2 Å². The van der Waals surface area contributed by atoms with E-state index in [1.807, 2.05) is 6.07 Å². The molecule has 0 saturated carbocycles. The van der Waals surface area contributed by atoms with Crippen LogP contribution in [0.3, 0.4) is 0 Å². The van der Waals surface area contributed by atoms with Crippen molar-refractivity contribution in [1.82, 2.24) is 5.32 Å². The fourth-order valence-corrected chi connectivity index (χ4v) is 5.31. The molecular weight excluding hydrogens is 448 g/mol. The number of thioether (sulfide) groups is 1. The molecule has 1 saturated heterocycles. The highest BCUT2D eigenvalue weighted by Gasteiger charge is 2.50. The Labute approximate surface area is 194 Å². The monoisotopic (exact) mass is 471 g/mol. The van der Waals surface area contributed by atoms with E-state index in [0.717, 1.165) is 6.07 Å². The zero-order valence-corrected chi connectivity index (χ0v) is 18.7. The Morgan fingerprint density at radius 3 is 2.79 bits per heavy atom. The Kier molecular flexibility index (Phi) is 6.85. The fourth-order valence-electron chi connectivity index (χ4n) is 4.15. The Balaban J connectivity index is 1.70. The standard InChI is InChI=1S/C23H23F2N5O2S/c1-27-11-19(30-26)20-9-15-12-33-22(28-21(31)14-5-3-2-4-6-14)29-23(15,13-32-20)17-8-7-16(24)10-18(17)25/h2-8,10-11,15,20H,9,12-13,26H2,1H3,(H,28,29,31)/t15-,20+,23-/m0/s1. The number of halogens is 2. The van der Waals surface area contributed by atoms with Crippen molar-refractivity contribution in [2.45, 2.75) is 18.1 Å². The minimum atomic E-state index is -1.14. The van der Waals surface area contributed by atoms with Gasteiger partial charge < -0.3 is 15.9 Å². The first-order valence-corrected chi connectivity index (χ1v) is 11.3. The first kappa shape index (κ1) is 23.1. The highest BCUT2D eigenvalue weighted by atomic mass is 32.2. The topological polar surface area (TPSA) is 101 Å². The molecule has 4 rings (SSSR count). The van der Waals surface area contributed by atoms with Crippen LogP contribution >= 0.6 is 11.8 Å². The molecule has 0 bridgehead atoms. The number of ether oxygens (including phenoxy) is 1. The van der Waals surface area contributed by atoms with Gasteiger partial charge >= 0.3 is 0 Å². The number of rotatable bonds is 4. The third-order valence-corrected chi connectivity index (χ3v) is 6.83. The van der Waals surface area contributed by atoms with Gasteiger partial charge in [-0.1, -0.05) is 36.0 Å². The average Bonchev–Trinajstić information content (AvgIpc) is 2.82. The summed E-state index contributed by atoms with van der Waals surface area (Å²) in [6, 6.07) is 12.2. The molecule has 0 spiro atoms. The maximum Gasteiger partial charge on any atom is 0.257 e. The van der Waals surface area contributed by atoms with Gasteiger partial charge in [-0.2, -0.15) is 5.10 Å². The Hall–Kier alpha value is -3.11. The lowest BCUT2D eigenvalue weighted by molar-refractivity contribution is -0.0245. The molecule has 2 heterocycles. The smallest absolute Gasteiger partial charge is 0.257 e. The number of amidine groups is 1. The van der Waals surface area contributed by atoms with Crippen LogP contribution in [0.1, 0.15) is 22.3 Å². The Morgan fingerprint density at radius 1 is 1.30 bits per heavy atom. The summed E-state index contributed by atoms with van der Waals surface area (Å²) in [5.74, 6) is 4.15. The predicted octanol–water partition coefficient (Wildman–Crippen LogP) is 3.11. The molecule has 2 aliphatic heterocycles. The minimum Gasteiger partial charge on any atom is -0.369 e. The molecule has 7 nitrogen and oxygen atoms in total. The predicted molar refractivity (Wildman–Crippen MR) is 126 cm³/mol. The Morgan fingerprint density at radius 2 is 2.09 bits per heavy atom. The molecule has 1 fully saturated rings. The van der Waals surface area contributed by atoms with Crippen LogP contribution in [0.15, 0.2) is 63.6 Å². The van der Waals surface area contributed by atoms with Gasteiger partial charge in [0.1, 0.15) is 29.0 Å². The summed E-state index contributed by atoms with van der Waals surface area (Å²) in [5.41, 5.74) is 0.0342. The second kappa shape index (κ2) is 9.80. The molecule has 0 aliphatic carbocycles. The van der Waals surface area contributed by atoms with Gasteiger partial charge in [-0.05, 0) is 24.6 Å². The van der Waals surface area contributed by atoms with Crippen LogP contribution in [0.5, 0.6) is 0 Å². The van der Waals surface area contributed by atoms with E-state index in [2.05, 4.69) is 15.4 Å². The molecular formula is C23H23F2N5O2S. The van der Waals surface area contributed by atoms with Crippen molar-refractivity contribution in [3.63, 3.8) is 0 Å². The van der Waals surface area contributed by atoms with E-state index in [0.29, 0.717) is 28.6 Å². The summed E-state index contributed by atoms with van der Waals surface area (Å²) in [4.78, 5) is 21.4. The van der Waals surface area contributed by atoms with Crippen molar-refractivity contribution in [1.29, 1.82) is 0 Å². The normalized spacial score (nSPS) is 25.4. The van der Waals surface area contributed by atoms with Crippen molar-refractivity contribution in [3.05, 3.63) is 71.3 Å². The van der Waals surface area contributed by atoms with Crippen molar-refractivity contribution in [3.8, 4) is 0 Å². The van der Waals surface area contributed by atoms with Gasteiger partial charge in [0.25, 0.3) is 5.91 Å². The molecule has 0 radical (unpaired) electrons. The average molecular weight is 472 g/mol. The van der Waals surface area contributed by atoms with Gasteiger partial charge in [0.2, 0.25) is 0 Å². The highest BCUT2D eigenvalue weighted by molar-refractivity contribution is 8.13. The second-order valence-corrected chi connectivity index (χ2v) is 8.78. The molecule has 2 aliphatic rings. The van der Waals surface area contributed by atoms with Gasteiger partial charge in [-0.15, -0.1) is 0 Å². The van der Waals surface area contributed by atoms with Crippen molar-refractivity contribution in [2.75, 3.05) is 19.4 Å². The summed E-state index contributed by atoms with van der Waals surface area (Å²) in [6.45, 7) is 0.00667. The van der Waals surface area contributed by atoms with Crippen molar-refractivity contribution >= 4 is 34.8 Å². The fraction of sp³-hybridized carbons (Fsp3) is 0.304. The molecule has 2 aromatic rings. The first-order chi connectivity index (χ1) is 16.0. The maximum absolute atomic E-state index is 15.0. The first-order valence-electron chi connectivity index (χ1n) is 10.3. The zero-order chi connectivity index (χ0) is 23.4. The molecule has 0 unspecified atom stereocenters. The minimum absolute atomic E-state index is 0.00667. The summed E-state index contributed by atoms with van der Waals surface area (Å²) >= 11 is 1.37. The van der Waals surface area contributed by atoms with Gasteiger partial charge in [0.15, 0.2) is 5.17 Å². The van der Waals surface area contributed by atoms with E-state index in [-0.39, 0.29) is 24.0 Å². The lowest BCUT2D eigenvalue weighted by atomic mass is 9.74. The van der Waals surface area contributed by atoms with Crippen LogP contribution in [0.4, 0.5) is 8.78 Å². The molecule has 2 aromatic carbocycles. The largest absolute Gasteiger partial charge is 0.369 e. The SMILES string of the molecule is CN=CC(=NN)[C@H]1C[C@H]2CSC(NC(=O)c3ccccc3)=N[C@@]2(c2ccc(F)cc2F)CO1. The van der Waals surface area contributed by atoms with Crippen molar-refractivity contribution in [2.24, 2.45) is 26.8 Å². The number of nitrogens with two attached hydrogens (primary N) is 1. The number of fused-ring (bicyclic) bond motifs is 1. The number of carbonyl (C=O) groups is 1. The number of hydrogen-bond acceptors (Lipinski definition) is 7. The highest BCUT2D eigenvalue weighted by Crippen LogP contribution is 2.47. The zero-order valence-electron chi connectivity index (χ0n) is 17.9. The number of amides is 1. The summed E-state index contributed by atoms with van der Waals surface area (Å²) < 4.78 is 34.7. The number of hydrazone groups is 1. The van der Waals surface area contributed by atoms with E-state index in [1.54, 1.807) is 31.3 Å². The van der Waals surface area contributed by atoms with E-state index in [9.17, 15) is 13.6 Å². The number of nitrogens with one attached hydrogen (secondary N) is 1.